The minimum atomic E-state index is -0.411. The predicted octanol–water partition coefficient (Wildman–Crippen LogP) is 4.87. The summed E-state index contributed by atoms with van der Waals surface area (Å²) >= 11 is 0. The van der Waals surface area contributed by atoms with E-state index in [2.05, 4.69) is 26.1 Å². The van der Waals surface area contributed by atoms with Crippen LogP contribution in [0.1, 0.15) is 65.4 Å². The Morgan fingerprint density at radius 3 is 2.38 bits per heavy atom. The van der Waals surface area contributed by atoms with Crippen LogP contribution in [0.25, 0.3) is 0 Å². The second-order valence-electron chi connectivity index (χ2n) is 8.20. The Labute approximate surface area is 147 Å². The van der Waals surface area contributed by atoms with Gasteiger partial charge in [0.1, 0.15) is 5.75 Å². The number of nitrogens with one attached hydrogen (secondary N) is 1. The highest BCUT2D eigenvalue weighted by atomic mass is 16.5. The summed E-state index contributed by atoms with van der Waals surface area (Å²) < 4.78 is 5.96. The second kappa shape index (κ2) is 8.04. The maximum Gasteiger partial charge on any atom is 0.261 e. The van der Waals surface area contributed by atoms with Crippen LogP contribution in [0.2, 0.25) is 0 Å². The third kappa shape index (κ3) is 4.99. The van der Waals surface area contributed by atoms with Crippen LogP contribution in [0.5, 0.6) is 5.75 Å². The van der Waals surface area contributed by atoms with Crippen molar-refractivity contribution < 1.29 is 9.53 Å². The van der Waals surface area contributed by atoms with E-state index in [9.17, 15) is 4.79 Å². The second-order valence-corrected chi connectivity index (χ2v) is 8.20. The highest BCUT2D eigenvalue weighted by molar-refractivity contribution is 5.81. The average Bonchev–Trinajstić information content (AvgIpc) is 2.53. The number of rotatable bonds is 5. The molecule has 24 heavy (non-hydrogen) atoms. The number of carbonyl (C=O) groups is 1. The first-order valence-electron chi connectivity index (χ1n) is 9.34. The van der Waals surface area contributed by atoms with Crippen molar-refractivity contribution in [2.45, 2.75) is 78.9 Å². The first kappa shape index (κ1) is 18.8. The van der Waals surface area contributed by atoms with Crippen molar-refractivity contribution >= 4 is 5.91 Å². The summed E-state index contributed by atoms with van der Waals surface area (Å²) in [4.78, 5) is 12.6. The van der Waals surface area contributed by atoms with E-state index in [1.54, 1.807) is 0 Å². The minimum absolute atomic E-state index is 0.0277. The van der Waals surface area contributed by atoms with Gasteiger partial charge >= 0.3 is 0 Å². The molecule has 1 atom stereocenters. The molecule has 134 valence electrons. The molecule has 1 aliphatic rings. The zero-order chi connectivity index (χ0) is 17.7. The van der Waals surface area contributed by atoms with Crippen molar-refractivity contribution in [2.75, 3.05) is 0 Å². The van der Waals surface area contributed by atoms with Gasteiger partial charge in [-0.2, -0.15) is 0 Å². The lowest BCUT2D eigenvalue weighted by molar-refractivity contribution is -0.129. The molecule has 3 heteroatoms. The van der Waals surface area contributed by atoms with Gasteiger partial charge in [0, 0.05) is 6.04 Å². The largest absolute Gasteiger partial charge is 0.480 e. The quantitative estimate of drug-likeness (QED) is 0.835. The standard InChI is InChI=1S/C21H33NO2/c1-6-18(24-19-10-8-7-9-15(19)2)20(23)22-17-13-11-16(12-14-17)21(3,4)5/h7-10,16-18H,6,11-14H2,1-5H3,(H,22,23). The Hall–Kier alpha value is -1.51. The van der Waals surface area contributed by atoms with Crippen LogP contribution < -0.4 is 10.1 Å². The molecule has 1 amide bonds. The van der Waals surface area contributed by atoms with Gasteiger partial charge in [0.15, 0.2) is 6.10 Å². The molecular weight excluding hydrogens is 298 g/mol. The van der Waals surface area contributed by atoms with Gasteiger partial charge in [-0.1, -0.05) is 45.9 Å². The number of amides is 1. The van der Waals surface area contributed by atoms with Crippen molar-refractivity contribution in [3.63, 3.8) is 0 Å². The fourth-order valence-electron chi connectivity index (χ4n) is 3.56. The Morgan fingerprint density at radius 1 is 1.21 bits per heavy atom. The fraction of sp³-hybridized carbons (Fsp3) is 0.667. The highest BCUT2D eigenvalue weighted by Gasteiger charge is 2.31. The lowest BCUT2D eigenvalue weighted by Crippen LogP contribution is -2.45. The molecule has 0 bridgehead atoms. The molecular formula is C21H33NO2. The van der Waals surface area contributed by atoms with E-state index in [4.69, 9.17) is 4.74 Å². The van der Waals surface area contributed by atoms with Gasteiger partial charge in [0.05, 0.1) is 0 Å². The van der Waals surface area contributed by atoms with Gasteiger partial charge in [0.25, 0.3) is 5.91 Å². The molecule has 2 rings (SSSR count). The molecule has 0 saturated heterocycles. The molecule has 0 aliphatic heterocycles. The molecule has 1 aliphatic carbocycles. The van der Waals surface area contributed by atoms with Gasteiger partial charge in [-0.15, -0.1) is 0 Å². The van der Waals surface area contributed by atoms with Crippen LogP contribution in [-0.2, 0) is 4.79 Å². The van der Waals surface area contributed by atoms with Gasteiger partial charge in [-0.25, -0.2) is 0 Å². The zero-order valence-corrected chi connectivity index (χ0v) is 15.9. The van der Waals surface area contributed by atoms with Gasteiger partial charge in [-0.05, 0) is 62.0 Å². The lowest BCUT2D eigenvalue weighted by Gasteiger charge is -2.37. The molecule has 3 nitrogen and oxygen atoms in total. The molecule has 0 heterocycles. The number of carbonyl (C=O) groups excluding carboxylic acids is 1. The van der Waals surface area contributed by atoms with E-state index in [1.807, 2.05) is 38.1 Å². The molecule has 1 N–H and O–H groups in total. The average molecular weight is 332 g/mol. The third-order valence-corrected chi connectivity index (χ3v) is 5.32. The molecule has 1 unspecified atom stereocenters. The Morgan fingerprint density at radius 2 is 1.83 bits per heavy atom. The SMILES string of the molecule is CCC(Oc1ccccc1C)C(=O)NC1CCC(C(C)(C)C)CC1. The van der Waals surface area contributed by atoms with Crippen LogP contribution in [0.4, 0.5) is 0 Å². The van der Waals surface area contributed by atoms with E-state index in [1.165, 1.54) is 12.8 Å². The van der Waals surface area contributed by atoms with Crippen molar-refractivity contribution in [3.8, 4) is 5.75 Å². The monoisotopic (exact) mass is 331 g/mol. The number of hydrogen-bond donors (Lipinski definition) is 1. The van der Waals surface area contributed by atoms with E-state index < -0.39 is 6.10 Å². The van der Waals surface area contributed by atoms with E-state index in [-0.39, 0.29) is 5.91 Å². The van der Waals surface area contributed by atoms with Crippen molar-refractivity contribution in [2.24, 2.45) is 11.3 Å². The van der Waals surface area contributed by atoms with Crippen LogP contribution in [0.3, 0.4) is 0 Å². The smallest absolute Gasteiger partial charge is 0.261 e. The number of aryl methyl sites for hydroxylation is 1. The maximum atomic E-state index is 12.6. The third-order valence-electron chi connectivity index (χ3n) is 5.32. The van der Waals surface area contributed by atoms with Gasteiger partial charge in [0.2, 0.25) is 0 Å². The zero-order valence-electron chi connectivity index (χ0n) is 15.9. The van der Waals surface area contributed by atoms with Crippen LogP contribution >= 0.6 is 0 Å². The summed E-state index contributed by atoms with van der Waals surface area (Å²) in [6.07, 6.45) is 4.82. The predicted molar refractivity (Wildman–Crippen MR) is 99.2 cm³/mol. The molecule has 1 saturated carbocycles. The normalized spacial score (nSPS) is 22.7. The van der Waals surface area contributed by atoms with E-state index in [0.29, 0.717) is 17.9 Å². The van der Waals surface area contributed by atoms with Crippen LogP contribution in [-0.4, -0.2) is 18.1 Å². The summed E-state index contributed by atoms with van der Waals surface area (Å²) in [5.41, 5.74) is 1.43. The molecule has 1 fully saturated rings. The van der Waals surface area contributed by atoms with Crippen molar-refractivity contribution in [3.05, 3.63) is 29.8 Å². The summed E-state index contributed by atoms with van der Waals surface area (Å²) in [7, 11) is 0. The number of para-hydroxylation sites is 1. The lowest BCUT2D eigenvalue weighted by atomic mass is 9.71. The summed E-state index contributed by atoms with van der Waals surface area (Å²) in [5.74, 6) is 1.59. The van der Waals surface area contributed by atoms with Crippen molar-refractivity contribution in [1.82, 2.24) is 5.32 Å². The van der Waals surface area contributed by atoms with Crippen molar-refractivity contribution in [1.29, 1.82) is 0 Å². The Bertz CT molecular complexity index is 539. The Kier molecular flexibility index (Phi) is 6.31. The molecule has 0 aromatic heterocycles. The van der Waals surface area contributed by atoms with E-state index >= 15 is 0 Å². The number of benzene rings is 1. The highest BCUT2D eigenvalue weighted by Crippen LogP contribution is 2.37. The van der Waals surface area contributed by atoms with Crippen LogP contribution in [0, 0.1) is 18.3 Å². The maximum absolute atomic E-state index is 12.6. The summed E-state index contributed by atoms with van der Waals surface area (Å²) in [5, 5.41) is 3.22. The fourth-order valence-corrected chi connectivity index (χ4v) is 3.56. The van der Waals surface area contributed by atoms with Gasteiger partial charge in [-0.3, -0.25) is 4.79 Å². The van der Waals surface area contributed by atoms with E-state index in [0.717, 1.165) is 30.1 Å². The summed E-state index contributed by atoms with van der Waals surface area (Å²) in [6.45, 7) is 11.0. The molecule has 0 radical (unpaired) electrons. The molecule has 1 aromatic rings. The number of ether oxygens (including phenoxy) is 1. The molecule has 1 aromatic carbocycles. The first-order valence-corrected chi connectivity index (χ1v) is 9.34. The topological polar surface area (TPSA) is 38.3 Å². The number of hydrogen-bond acceptors (Lipinski definition) is 2. The first-order chi connectivity index (χ1) is 11.3. The van der Waals surface area contributed by atoms with Gasteiger partial charge < -0.3 is 10.1 Å². The molecule has 0 spiro atoms. The summed E-state index contributed by atoms with van der Waals surface area (Å²) in [6, 6.07) is 8.16. The van der Waals surface area contributed by atoms with Crippen LogP contribution in [0.15, 0.2) is 24.3 Å². The Balaban J connectivity index is 1.88. The minimum Gasteiger partial charge on any atom is -0.480 e.